The van der Waals surface area contributed by atoms with Crippen LogP contribution in [0.2, 0.25) is 0 Å². The van der Waals surface area contributed by atoms with Crippen molar-refractivity contribution in [2.45, 2.75) is 64.4 Å². The van der Waals surface area contributed by atoms with Gasteiger partial charge in [0.25, 0.3) is 0 Å². The molecule has 0 aromatic carbocycles. The molecule has 0 aliphatic rings. The number of carboxylic acid groups (broad SMARTS) is 1. The second-order valence-electron chi connectivity index (χ2n) is 4.67. The number of aliphatic hydroxyl groups excluding tert-OH is 1. The molecule has 0 aromatic rings. The topological polar surface area (TPSA) is 66.8 Å². The third-order valence-electron chi connectivity index (χ3n) is 2.92. The lowest BCUT2D eigenvalue weighted by molar-refractivity contribution is -0.146. The van der Waals surface area contributed by atoms with Crippen LogP contribution in [0.4, 0.5) is 0 Å². The maximum atomic E-state index is 10.3. The smallest absolute Gasteiger partial charge is 0.332 e. The van der Waals surface area contributed by atoms with Gasteiger partial charge in [-0.05, 0) is 26.2 Å². The Balaban J connectivity index is 3.18. The summed E-state index contributed by atoms with van der Waals surface area (Å²) in [4.78, 5) is 10.3. The highest BCUT2D eigenvalue weighted by Gasteiger charge is 2.09. The fourth-order valence-corrected chi connectivity index (χ4v) is 1.76. The molecule has 0 saturated carbocycles. The van der Waals surface area contributed by atoms with Gasteiger partial charge >= 0.3 is 5.97 Å². The number of carbonyl (C=O) groups is 1. The molecule has 0 fully saturated rings. The van der Waals surface area contributed by atoms with Gasteiger partial charge in [-0.15, -0.1) is 0 Å². The molecule has 0 bridgehead atoms. The molecule has 4 heteroatoms. The summed E-state index contributed by atoms with van der Waals surface area (Å²) < 4.78 is 5.27. The Morgan fingerprint density at radius 1 is 1.11 bits per heavy atom. The highest BCUT2D eigenvalue weighted by molar-refractivity contribution is 5.72. The van der Waals surface area contributed by atoms with E-state index in [0.717, 1.165) is 32.5 Å². The van der Waals surface area contributed by atoms with Crippen molar-refractivity contribution in [3.05, 3.63) is 12.2 Å². The van der Waals surface area contributed by atoms with Crippen molar-refractivity contribution in [3.8, 4) is 0 Å². The zero-order valence-corrected chi connectivity index (χ0v) is 12.0. The summed E-state index contributed by atoms with van der Waals surface area (Å²) >= 11 is 0. The van der Waals surface area contributed by atoms with Crippen LogP contribution in [0.25, 0.3) is 0 Å². The molecule has 0 saturated heterocycles. The van der Waals surface area contributed by atoms with Crippen molar-refractivity contribution in [2.75, 3.05) is 13.2 Å². The first kappa shape index (κ1) is 18.1. The fraction of sp³-hybridized carbons (Fsp3) is 0.800. The monoisotopic (exact) mass is 272 g/mol. The molecule has 0 amide bonds. The highest BCUT2D eigenvalue weighted by atomic mass is 16.5. The minimum atomic E-state index is -1.26. The van der Waals surface area contributed by atoms with Gasteiger partial charge in [0.05, 0.1) is 0 Å². The number of hydrogen-bond donors (Lipinski definition) is 2. The maximum absolute atomic E-state index is 10.3. The molecular formula is C15H28O4. The fourth-order valence-electron chi connectivity index (χ4n) is 1.76. The molecule has 4 nitrogen and oxygen atoms in total. The van der Waals surface area contributed by atoms with E-state index in [1.165, 1.54) is 25.7 Å². The second-order valence-corrected chi connectivity index (χ2v) is 4.67. The predicted molar refractivity (Wildman–Crippen MR) is 76.2 cm³/mol. The van der Waals surface area contributed by atoms with Crippen molar-refractivity contribution in [2.24, 2.45) is 0 Å². The van der Waals surface area contributed by atoms with E-state index in [0.29, 0.717) is 0 Å². The third-order valence-corrected chi connectivity index (χ3v) is 2.92. The highest BCUT2D eigenvalue weighted by Crippen LogP contribution is 2.08. The average molecular weight is 272 g/mol. The van der Waals surface area contributed by atoms with Gasteiger partial charge in [-0.2, -0.15) is 0 Å². The Kier molecular flexibility index (Phi) is 12.9. The van der Waals surface area contributed by atoms with E-state index in [9.17, 15) is 4.79 Å². The van der Waals surface area contributed by atoms with Crippen molar-refractivity contribution in [1.29, 1.82) is 0 Å². The van der Waals surface area contributed by atoms with E-state index in [4.69, 9.17) is 14.9 Å². The summed E-state index contributed by atoms with van der Waals surface area (Å²) in [5, 5.41) is 17.5. The first-order valence-corrected chi connectivity index (χ1v) is 7.32. The normalized spacial score (nSPS) is 12.9. The zero-order valence-electron chi connectivity index (χ0n) is 12.0. The number of rotatable bonds is 13. The minimum absolute atomic E-state index is 0.201. The number of hydrogen-bond acceptors (Lipinski definition) is 3. The van der Waals surface area contributed by atoms with Crippen LogP contribution in [0.1, 0.15) is 58.3 Å². The van der Waals surface area contributed by atoms with Crippen molar-refractivity contribution in [3.63, 3.8) is 0 Å². The molecule has 1 unspecified atom stereocenters. The Morgan fingerprint density at radius 3 is 2.37 bits per heavy atom. The van der Waals surface area contributed by atoms with Crippen molar-refractivity contribution in [1.82, 2.24) is 0 Å². The number of aliphatic carboxylic acids is 1. The standard InChI is InChI=1S/C15H28O4/c1-2-19-13-11-9-7-5-3-4-6-8-10-12-14(16)15(17)18/h8,10,14,16H,2-7,9,11-13H2,1H3,(H,17,18). The number of allylic oxidation sites excluding steroid dienone is 1. The quantitative estimate of drug-likeness (QED) is 0.399. The Labute approximate surface area is 116 Å². The third kappa shape index (κ3) is 13.4. The van der Waals surface area contributed by atoms with Crippen LogP contribution in [-0.4, -0.2) is 35.5 Å². The summed E-state index contributed by atoms with van der Waals surface area (Å²) in [6, 6.07) is 0. The first-order chi connectivity index (χ1) is 9.18. The largest absolute Gasteiger partial charge is 0.479 e. The van der Waals surface area contributed by atoms with E-state index in [1.54, 1.807) is 6.08 Å². The van der Waals surface area contributed by atoms with Gasteiger partial charge < -0.3 is 14.9 Å². The van der Waals surface area contributed by atoms with E-state index in [-0.39, 0.29) is 6.42 Å². The van der Waals surface area contributed by atoms with Crippen LogP contribution in [0.5, 0.6) is 0 Å². The molecular weight excluding hydrogens is 244 g/mol. The summed E-state index contributed by atoms with van der Waals surface area (Å²) in [5.74, 6) is -1.16. The van der Waals surface area contributed by atoms with E-state index < -0.39 is 12.1 Å². The number of aliphatic hydroxyl groups is 1. The summed E-state index contributed by atoms with van der Waals surface area (Å²) in [6.45, 7) is 3.71. The van der Waals surface area contributed by atoms with Crippen molar-refractivity contribution >= 4 is 5.97 Å². The Bertz CT molecular complexity index is 238. The summed E-state index contributed by atoms with van der Waals surface area (Å²) in [6.07, 6.45) is 10.8. The van der Waals surface area contributed by atoms with Gasteiger partial charge in [0.15, 0.2) is 6.10 Å². The van der Waals surface area contributed by atoms with Crippen LogP contribution in [-0.2, 0) is 9.53 Å². The van der Waals surface area contributed by atoms with Crippen LogP contribution in [0, 0.1) is 0 Å². The van der Waals surface area contributed by atoms with Gasteiger partial charge in [0.1, 0.15) is 0 Å². The summed E-state index contributed by atoms with van der Waals surface area (Å²) in [5.41, 5.74) is 0. The maximum Gasteiger partial charge on any atom is 0.332 e. The van der Waals surface area contributed by atoms with Crippen LogP contribution in [0.15, 0.2) is 12.2 Å². The lowest BCUT2D eigenvalue weighted by Gasteiger charge is -2.02. The number of ether oxygens (including phenoxy) is 1. The van der Waals surface area contributed by atoms with E-state index in [2.05, 4.69) is 0 Å². The van der Waals surface area contributed by atoms with Gasteiger partial charge in [-0.3, -0.25) is 0 Å². The van der Waals surface area contributed by atoms with E-state index >= 15 is 0 Å². The van der Waals surface area contributed by atoms with E-state index in [1.807, 2.05) is 13.0 Å². The Hall–Kier alpha value is -0.870. The molecule has 0 aliphatic carbocycles. The van der Waals surface area contributed by atoms with Crippen molar-refractivity contribution < 1.29 is 19.7 Å². The average Bonchev–Trinajstić information content (AvgIpc) is 2.39. The molecule has 0 aliphatic heterocycles. The molecule has 0 aromatic heterocycles. The van der Waals surface area contributed by atoms with Gasteiger partial charge in [-0.1, -0.05) is 37.8 Å². The van der Waals surface area contributed by atoms with Gasteiger partial charge in [0.2, 0.25) is 0 Å². The van der Waals surface area contributed by atoms with Crippen LogP contribution < -0.4 is 0 Å². The molecule has 0 heterocycles. The SMILES string of the molecule is CCOCCCCCCCCC=CCC(O)C(=O)O. The number of carboxylic acids is 1. The minimum Gasteiger partial charge on any atom is -0.479 e. The lowest BCUT2D eigenvalue weighted by Crippen LogP contribution is -2.17. The lowest BCUT2D eigenvalue weighted by atomic mass is 10.1. The van der Waals surface area contributed by atoms with Gasteiger partial charge in [0, 0.05) is 19.6 Å². The predicted octanol–water partition coefficient (Wildman–Crippen LogP) is 3.15. The molecule has 0 rings (SSSR count). The molecule has 0 spiro atoms. The first-order valence-electron chi connectivity index (χ1n) is 7.32. The number of unbranched alkanes of at least 4 members (excludes halogenated alkanes) is 6. The molecule has 112 valence electrons. The summed E-state index contributed by atoms with van der Waals surface area (Å²) in [7, 11) is 0. The zero-order chi connectivity index (χ0) is 14.3. The molecule has 0 radical (unpaired) electrons. The van der Waals surface area contributed by atoms with Crippen LogP contribution in [0.3, 0.4) is 0 Å². The molecule has 2 N–H and O–H groups in total. The Morgan fingerprint density at radius 2 is 1.74 bits per heavy atom. The van der Waals surface area contributed by atoms with Crippen LogP contribution >= 0.6 is 0 Å². The molecule has 1 atom stereocenters. The second kappa shape index (κ2) is 13.6. The molecule has 19 heavy (non-hydrogen) atoms. The van der Waals surface area contributed by atoms with Gasteiger partial charge in [-0.25, -0.2) is 4.79 Å².